The van der Waals surface area contributed by atoms with Crippen molar-refractivity contribution in [2.45, 2.75) is 57.5 Å². The van der Waals surface area contributed by atoms with Crippen LogP contribution in [0.25, 0.3) is 10.9 Å². The minimum Gasteiger partial charge on any atom is -0.360 e. The number of hydrogen-bond donors (Lipinski definition) is 2. The minimum absolute atomic E-state index is 0.247. The molecule has 1 unspecified atom stereocenters. The molecule has 2 fully saturated rings. The summed E-state index contributed by atoms with van der Waals surface area (Å²) in [4.78, 5) is 17.6. The molecule has 1 aromatic heterocycles. The molecule has 0 spiro atoms. The van der Waals surface area contributed by atoms with Gasteiger partial charge in [0.15, 0.2) is 0 Å². The van der Waals surface area contributed by atoms with Crippen molar-refractivity contribution in [2.24, 2.45) is 0 Å². The Labute approximate surface area is 172 Å². The monoisotopic (exact) mass is 393 g/mol. The number of fused-ring (bicyclic) bond motifs is 1. The van der Waals surface area contributed by atoms with Gasteiger partial charge in [0, 0.05) is 36.2 Å². The van der Waals surface area contributed by atoms with E-state index in [0.717, 1.165) is 41.4 Å². The summed E-state index contributed by atoms with van der Waals surface area (Å²) >= 11 is 0. The number of nitriles is 1. The van der Waals surface area contributed by atoms with Gasteiger partial charge in [-0.1, -0.05) is 12.5 Å². The van der Waals surface area contributed by atoms with Crippen LogP contribution in [0.1, 0.15) is 48.8 Å². The van der Waals surface area contributed by atoms with E-state index < -0.39 is 0 Å². The quantitative estimate of drug-likeness (QED) is 0.738. The zero-order valence-electron chi connectivity index (χ0n) is 17.3. The second-order valence-corrected chi connectivity index (χ2v) is 8.54. The number of piperidine rings is 2. The minimum atomic E-state index is -0.247. The molecule has 154 valence electrons. The number of carbonyl (C=O) groups is 1. The van der Waals surface area contributed by atoms with E-state index in [9.17, 15) is 10.1 Å². The van der Waals surface area contributed by atoms with E-state index in [-0.39, 0.29) is 6.04 Å². The first-order chi connectivity index (χ1) is 14.2. The van der Waals surface area contributed by atoms with Crippen LogP contribution >= 0.6 is 0 Å². The van der Waals surface area contributed by atoms with Crippen molar-refractivity contribution in [1.29, 1.82) is 5.26 Å². The zero-order chi connectivity index (χ0) is 20.2. The molecule has 0 aliphatic carbocycles. The lowest BCUT2D eigenvalue weighted by molar-refractivity contribution is -0.111. The Morgan fingerprint density at radius 1 is 1.24 bits per heavy atom. The molecule has 0 bridgehead atoms. The Morgan fingerprint density at radius 3 is 2.69 bits per heavy atom. The molecule has 29 heavy (non-hydrogen) atoms. The molecule has 2 aliphatic heterocycles. The third-order valence-electron chi connectivity index (χ3n) is 6.51. The normalized spacial score (nSPS) is 20.6. The summed E-state index contributed by atoms with van der Waals surface area (Å²) in [6.45, 7) is 6.51. The van der Waals surface area contributed by atoms with Crippen molar-refractivity contribution in [3.63, 3.8) is 0 Å². The van der Waals surface area contributed by atoms with E-state index >= 15 is 0 Å². The fraction of sp³-hybridized carbons (Fsp3) is 0.565. The number of aromatic nitrogens is 1. The average Bonchev–Trinajstić information content (AvgIpc) is 3.18. The van der Waals surface area contributed by atoms with Gasteiger partial charge >= 0.3 is 0 Å². The molecule has 4 rings (SSSR count). The number of rotatable bonds is 6. The van der Waals surface area contributed by atoms with Crippen molar-refractivity contribution < 1.29 is 4.79 Å². The second kappa shape index (κ2) is 9.08. The largest absolute Gasteiger partial charge is 0.360 e. The Kier molecular flexibility index (Phi) is 6.29. The van der Waals surface area contributed by atoms with Crippen LogP contribution in [0.2, 0.25) is 0 Å². The first-order valence-electron chi connectivity index (χ1n) is 10.9. The maximum atomic E-state index is 11.8. The maximum absolute atomic E-state index is 11.8. The molecule has 2 saturated heterocycles. The van der Waals surface area contributed by atoms with Crippen LogP contribution in [0.5, 0.6) is 0 Å². The summed E-state index contributed by atoms with van der Waals surface area (Å²) in [7, 11) is 0. The maximum Gasteiger partial charge on any atom is 0.138 e. The topological polar surface area (TPSA) is 75.2 Å². The van der Waals surface area contributed by atoms with Gasteiger partial charge in [-0.2, -0.15) is 5.26 Å². The van der Waals surface area contributed by atoms with Crippen molar-refractivity contribution in [3.8, 4) is 6.07 Å². The van der Waals surface area contributed by atoms with Gasteiger partial charge in [0.05, 0.1) is 11.6 Å². The predicted octanol–water partition coefficient (Wildman–Crippen LogP) is 2.91. The molecule has 2 aliphatic rings. The van der Waals surface area contributed by atoms with Gasteiger partial charge in [0.1, 0.15) is 12.4 Å². The fourth-order valence-electron chi connectivity index (χ4n) is 4.95. The highest BCUT2D eigenvalue weighted by Crippen LogP contribution is 2.24. The Balaban J connectivity index is 1.36. The number of aldehydes is 1. The standard InChI is InChI=1S/C23H31N5O/c1-17-11-18(13-22-19(14-24)15-25-23(17)22)12-20(16-29)26-28-9-5-21(6-10-28)27-7-3-2-4-8-27/h11,13,15-16,20-21,25-26H,2-10,12H2,1H3. The summed E-state index contributed by atoms with van der Waals surface area (Å²) in [5.74, 6) is 0. The molecule has 2 N–H and O–H groups in total. The molecular weight excluding hydrogens is 362 g/mol. The van der Waals surface area contributed by atoms with E-state index in [0.29, 0.717) is 18.0 Å². The van der Waals surface area contributed by atoms with Crippen LogP contribution in [0.3, 0.4) is 0 Å². The van der Waals surface area contributed by atoms with Gasteiger partial charge in [-0.3, -0.25) is 0 Å². The highest BCUT2D eigenvalue weighted by Gasteiger charge is 2.26. The second-order valence-electron chi connectivity index (χ2n) is 8.54. The molecule has 0 amide bonds. The van der Waals surface area contributed by atoms with E-state index in [1.807, 2.05) is 13.0 Å². The van der Waals surface area contributed by atoms with Crippen molar-refractivity contribution in [3.05, 3.63) is 35.0 Å². The van der Waals surface area contributed by atoms with E-state index in [4.69, 9.17) is 0 Å². The van der Waals surface area contributed by atoms with Gasteiger partial charge in [-0.25, -0.2) is 10.4 Å². The first kappa shape index (κ1) is 20.1. The number of H-pyrrole nitrogens is 1. The number of likely N-dealkylation sites (tertiary alicyclic amines) is 1. The van der Waals surface area contributed by atoms with Crippen molar-refractivity contribution in [2.75, 3.05) is 26.2 Å². The SMILES string of the molecule is Cc1cc(CC(C=O)NN2CCC(N3CCCCC3)CC2)cc2c(C#N)c[nH]c12. The van der Waals surface area contributed by atoms with Crippen LogP contribution in [0, 0.1) is 18.3 Å². The Hall–Kier alpha value is -2.20. The lowest BCUT2D eigenvalue weighted by Gasteiger charge is -2.40. The summed E-state index contributed by atoms with van der Waals surface area (Å²) in [5.41, 5.74) is 7.28. The molecule has 6 nitrogen and oxygen atoms in total. The number of aromatic amines is 1. The van der Waals surface area contributed by atoms with E-state index in [1.54, 1.807) is 6.20 Å². The Morgan fingerprint density at radius 2 is 2.00 bits per heavy atom. The van der Waals surface area contributed by atoms with Crippen LogP contribution in [0.4, 0.5) is 0 Å². The van der Waals surface area contributed by atoms with Gasteiger partial charge < -0.3 is 14.7 Å². The average molecular weight is 394 g/mol. The van der Waals surface area contributed by atoms with E-state index in [2.05, 4.69) is 32.5 Å². The van der Waals surface area contributed by atoms with Crippen LogP contribution in [-0.4, -0.2) is 59.4 Å². The van der Waals surface area contributed by atoms with Crippen molar-refractivity contribution in [1.82, 2.24) is 20.3 Å². The molecule has 1 aromatic carbocycles. The number of nitrogens with one attached hydrogen (secondary N) is 2. The van der Waals surface area contributed by atoms with Crippen LogP contribution in [-0.2, 0) is 11.2 Å². The number of carbonyl (C=O) groups excluding carboxylic acids is 1. The van der Waals surface area contributed by atoms with Gasteiger partial charge in [0.25, 0.3) is 0 Å². The molecule has 0 saturated carbocycles. The molecule has 6 heteroatoms. The molecule has 3 heterocycles. The lowest BCUT2D eigenvalue weighted by atomic mass is 10.00. The fourth-order valence-corrected chi connectivity index (χ4v) is 4.95. The van der Waals surface area contributed by atoms with Gasteiger partial charge in [-0.15, -0.1) is 0 Å². The number of benzene rings is 1. The third kappa shape index (κ3) is 4.53. The van der Waals surface area contributed by atoms with Crippen LogP contribution < -0.4 is 5.43 Å². The first-order valence-corrected chi connectivity index (χ1v) is 10.9. The zero-order valence-corrected chi connectivity index (χ0v) is 17.3. The number of nitrogens with zero attached hydrogens (tertiary/aromatic N) is 3. The predicted molar refractivity (Wildman–Crippen MR) is 114 cm³/mol. The smallest absolute Gasteiger partial charge is 0.138 e. The summed E-state index contributed by atoms with van der Waals surface area (Å²) < 4.78 is 0. The number of hydrogen-bond acceptors (Lipinski definition) is 5. The molecule has 0 radical (unpaired) electrons. The molecule has 1 atom stereocenters. The summed E-state index contributed by atoms with van der Waals surface area (Å²) in [6.07, 6.45) is 9.78. The number of aryl methyl sites for hydroxylation is 1. The lowest BCUT2D eigenvalue weighted by Crippen LogP contribution is -2.53. The summed E-state index contributed by atoms with van der Waals surface area (Å²) in [5, 5.41) is 12.5. The highest BCUT2D eigenvalue weighted by molar-refractivity contribution is 5.88. The van der Waals surface area contributed by atoms with E-state index in [1.165, 1.54) is 45.2 Å². The third-order valence-corrected chi connectivity index (χ3v) is 6.51. The van der Waals surface area contributed by atoms with Gasteiger partial charge in [-0.05, 0) is 69.3 Å². The summed E-state index contributed by atoms with van der Waals surface area (Å²) in [6, 6.07) is 6.84. The van der Waals surface area contributed by atoms with Gasteiger partial charge in [0.2, 0.25) is 0 Å². The Bertz CT molecular complexity index is 885. The van der Waals surface area contributed by atoms with Crippen molar-refractivity contribution >= 4 is 17.2 Å². The highest BCUT2D eigenvalue weighted by atomic mass is 16.1. The molecular formula is C23H31N5O. The van der Waals surface area contributed by atoms with Crippen LogP contribution in [0.15, 0.2) is 18.3 Å². The molecule has 2 aromatic rings. The number of hydrazine groups is 1.